The molecule has 17 heavy (non-hydrogen) atoms. The zero-order valence-corrected chi connectivity index (χ0v) is 9.34. The number of nitrogens with zero attached hydrogens (tertiary/aromatic N) is 1. The van der Waals surface area contributed by atoms with Gasteiger partial charge in [0.05, 0.1) is 5.69 Å². The first-order chi connectivity index (χ1) is 8.16. The molecule has 0 aliphatic rings. The van der Waals surface area contributed by atoms with Gasteiger partial charge in [-0.25, -0.2) is 0 Å². The number of aromatic nitrogens is 1. The molecule has 0 bridgehead atoms. The molecule has 1 aromatic carbocycles. The van der Waals surface area contributed by atoms with Gasteiger partial charge in [0, 0.05) is 24.4 Å². The molecule has 4 nitrogen and oxygen atoms in total. The average Bonchev–Trinajstić information content (AvgIpc) is 2.32. The van der Waals surface area contributed by atoms with Gasteiger partial charge in [-0.15, -0.1) is 0 Å². The normalized spacial score (nSPS) is 9.94. The molecule has 86 valence electrons. The summed E-state index contributed by atoms with van der Waals surface area (Å²) >= 11 is 0. The fourth-order valence-corrected chi connectivity index (χ4v) is 1.54. The minimum atomic E-state index is -0.150. The van der Waals surface area contributed by atoms with Crippen LogP contribution in [0.15, 0.2) is 42.6 Å². The second kappa shape index (κ2) is 4.65. The third kappa shape index (κ3) is 2.60. The molecule has 1 aromatic heterocycles. The summed E-state index contributed by atoms with van der Waals surface area (Å²) in [5, 5.41) is 12.4. The molecule has 0 unspecified atom stereocenters. The van der Waals surface area contributed by atoms with Crippen LogP contribution in [0.1, 0.15) is 6.92 Å². The van der Waals surface area contributed by atoms with Crippen molar-refractivity contribution in [1.82, 2.24) is 4.98 Å². The van der Waals surface area contributed by atoms with E-state index in [9.17, 15) is 9.90 Å². The molecule has 0 aliphatic carbocycles. The van der Waals surface area contributed by atoms with Gasteiger partial charge in [-0.3, -0.25) is 9.78 Å². The number of anilines is 1. The number of carbonyl (C=O) groups is 1. The smallest absolute Gasteiger partial charge is 0.221 e. The Balaban J connectivity index is 2.43. The van der Waals surface area contributed by atoms with Gasteiger partial charge in [-0.2, -0.15) is 0 Å². The average molecular weight is 228 g/mol. The Hall–Kier alpha value is -2.36. The van der Waals surface area contributed by atoms with Crippen molar-refractivity contribution in [2.45, 2.75) is 6.92 Å². The van der Waals surface area contributed by atoms with E-state index in [1.807, 2.05) is 6.07 Å². The van der Waals surface area contributed by atoms with Crippen molar-refractivity contribution in [2.24, 2.45) is 0 Å². The van der Waals surface area contributed by atoms with Crippen molar-refractivity contribution in [3.63, 3.8) is 0 Å². The number of hydrogen-bond donors (Lipinski definition) is 2. The molecule has 2 rings (SSSR count). The fraction of sp³-hybridized carbons (Fsp3) is 0.0769. The number of carbonyl (C=O) groups excluding carboxylic acids is 1. The molecule has 0 saturated carbocycles. The van der Waals surface area contributed by atoms with Gasteiger partial charge in [0.2, 0.25) is 5.91 Å². The third-order valence-corrected chi connectivity index (χ3v) is 2.26. The number of phenolic OH excluding ortho intramolecular Hbond substituents is 1. The highest BCUT2D eigenvalue weighted by atomic mass is 16.3. The van der Waals surface area contributed by atoms with Crippen LogP contribution in [-0.4, -0.2) is 16.0 Å². The lowest BCUT2D eigenvalue weighted by Gasteiger charge is -2.07. The Bertz CT molecular complexity index is 538. The summed E-state index contributed by atoms with van der Waals surface area (Å²) in [6, 6.07) is 10.3. The molecular formula is C13H12N2O2. The summed E-state index contributed by atoms with van der Waals surface area (Å²) < 4.78 is 0. The molecule has 0 aliphatic heterocycles. The van der Waals surface area contributed by atoms with E-state index in [1.54, 1.807) is 30.5 Å². The van der Waals surface area contributed by atoms with E-state index >= 15 is 0 Å². The number of phenols is 1. The van der Waals surface area contributed by atoms with Crippen molar-refractivity contribution in [1.29, 1.82) is 0 Å². The largest absolute Gasteiger partial charge is 0.507 e. The quantitative estimate of drug-likeness (QED) is 0.776. The number of aromatic hydroxyl groups is 1. The number of hydrogen-bond acceptors (Lipinski definition) is 3. The van der Waals surface area contributed by atoms with Crippen LogP contribution >= 0.6 is 0 Å². The Morgan fingerprint density at radius 2 is 2.12 bits per heavy atom. The van der Waals surface area contributed by atoms with Crippen molar-refractivity contribution in [3.8, 4) is 17.0 Å². The minimum absolute atomic E-state index is 0.137. The Morgan fingerprint density at radius 3 is 2.76 bits per heavy atom. The van der Waals surface area contributed by atoms with Crippen LogP contribution in [0.25, 0.3) is 11.3 Å². The number of amides is 1. The molecule has 0 radical (unpaired) electrons. The SMILES string of the molecule is CC(=O)Nc1ccc(O)c(-c2ccccn2)c1. The van der Waals surface area contributed by atoms with E-state index in [4.69, 9.17) is 0 Å². The van der Waals surface area contributed by atoms with Crippen molar-refractivity contribution < 1.29 is 9.90 Å². The van der Waals surface area contributed by atoms with Crippen LogP contribution in [-0.2, 0) is 4.79 Å². The molecule has 0 saturated heterocycles. The number of nitrogens with one attached hydrogen (secondary N) is 1. The third-order valence-electron chi connectivity index (χ3n) is 2.26. The van der Waals surface area contributed by atoms with E-state index in [1.165, 1.54) is 13.0 Å². The summed E-state index contributed by atoms with van der Waals surface area (Å²) in [7, 11) is 0. The zero-order chi connectivity index (χ0) is 12.3. The summed E-state index contributed by atoms with van der Waals surface area (Å²) in [6.45, 7) is 1.44. The van der Waals surface area contributed by atoms with Crippen LogP contribution in [0.3, 0.4) is 0 Å². The first-order valence-corrected chi connectivity index (χ1v) is 5.19. The summed E-state index contributed by atoms with van der Waals surface area (Å²) in [5.74, 6) is -0.0135. The summed E-state index contributed by atoms with van der Waals surface area (Å²) in [5.41, 5.74) is 1.89. The lowest BCUT2D eigenvalue weighted by molar-refractivity contribution is -0.114. The first-order valence-electron chi connectivity index (χ1n) is 5.19. The molecule has 1 amide bonds. The second-order valence-electron chi connectivity index (χ2n) is 3.63. The number of rotatable bonds is 2. The van der Waals surface area contributed by atoms with Crippen LogP contribution in [0.2, 0.25) is 0 Å². The van der Waals surface area contributed by atoms with Gasteiger partial charge in [-0.05, 0) is 30.3 Å². The van der Waals surface area contributed by atoms with E-state index < -0.39 is 0 Å². The van der Waals surface area contributed by atoms with Crippen molar-refractivity contribution in [2.75, 3.05) is 5.32 Å². The van der Waals surface area contributed by atoms with E-state index in [2.05, 4.69) is 10.3 Å². The number of pyridine rings is 1. The highest BCUT2D eigenvalue weighted by Gasteiger charge is 2.06. The zero-order valence-electron chi connectivity index (χ0n) is 9.34. The van der Waals surface area contributed by atoms with Gasteiger partial charge in [0.15, 0.2) is 0 Å². The van der Waals surface area contributed by atoms with Crippen LogP contribution in [0, 0.1) is 0 Å². The molecule has 0 spiro atoms. The standard InChI is InChI=1S/C13H12N2O2/c1-9(16)15-10-5-6-13(17)11(8-10)12-4-2-3-7-14-12/h2-8,17H,1H3,(H,15,16). The first kappa shape index (κ1) is 11.1. The molecule has 1 heterocycles. The predicted octanol–water partition coefficient (Wildman–Crippen LogP) is 2.41. The molecular weight excluding hydrogens is 216 g/mol. The lowest BCUT2D eigenvalue weighted by atomic mass is 10.1. The molecule has 4 heteroatoms. The van der Waals surface area contributed by atoms with Crippen LogP contribution in [0.4, 0.5) is 5.69 Å². The van der Waals surface area contributed by atoms with E-state index in [0.717, 1.165) is 0 Å². The van der Waals surface area contributed by atoms with E-state index in [-0.39, 0.29) is 11.7 Å². The maximum Gasteiger partial charge on any atom is 0.221 e. The topological polar surface area (TPSA) is 62.2 Å². The Kier molecular flexibility index (Phi) is 3.05. The Morgan fingerprint density at radius 1 is 1.29 bits per heavy atom. The maximum absolute atomic E-state index is 11.0. The van der Waals surface area contributed by atoms with Crippen LogP contribution < -0.4 is 5.32 Å². The predicted molar refractivity (Wildman–Crippen MR) is 65.6 cm³/mol. The summed E-state index contributed by atoms with van der Waals surface area (Å²) in [4.78, 5) is 15.1. The van der Waals surface area contributed by atoms with Crippen molar-refractivity contribution >= 4 is 11.6 Å². The van der Waals surface area contributed by atoms with Gasteiger partial charge < -0.3 is 10.4 Å². The minimum Gasteiger partial charge on any atom is -0.507 e. The van der Waals surface area contributed by atoms with E-state index in [0.29, 0.717) is 16.9 Å². The van der Waals surface area contributed by atoms with Gasteiger partial charge >= 0.3 is 0 Å². The maximum atomic E-state index is 11.0. The monoisotopic (exact) mass is 228 g/mol. The molecule has 2 N–H and O–H groups in total. The van der Waals surface area contributed by atoms with Gasteiger partial charge in [0.1, 0.15) is 5.75 Å². The Labute approximate surface area is 98.9 Å². The van der Waals surface area contributed by atoms with Crippen LogP contribution in [0.5, 0.6) is 5.75 Å². The van der Waals surface area contributed by atoms with Gasteiger partial charge in [0.25, 0.3) is 0 Å². The fourth-order valence-electron chi connectivity index (χ4n) is 1.54. The number of benzene rings is 1. The molecule has 0 atom stereocenters. The highest BCUT2D eigenvalue weighted by Crippen LogP contribution is 2.30. The van der Waals surface area contributed by atoms with Gasteiger partial charge in [-0.1, -0.05) is 6.07 Å². The second-order valence-corrected chi connectivity index (χ2v) is 3.63. The summed E-state index contributed by atoms with van der Waals surface area (Å²) in [6.07, 6.45) is 1.65. The highest BCUT2D eigenvalue weighted by molar-refractivity contribution is 5.90. The molecule has 2 aromatic rings. The lowest BCUT2D eigenvalue weighted by Crippen LogP contribution is -2.05. The van der Waals surface area contributed by atoms with Crippen molar-refractivity contribution in [3.05, 3.63) is 42.6 Å². The molecule has 0 fully saturated rings.